The van der Waals surface area contributed by atoms with Crippen molar-refractivity contribution >= 4 is 11.6 Å². The molecule has 5 nitrogen and oxygen atoms in total. The molecule has 1 aliphatic heterocycles. The number of benzene rings is 2. The molecule has 1 heterocycles. The highest BCUT2D eigenvalue weighted by atomic mass is 19.1. The van der Waals surface area contributed by atoms with Gasteiger partial charge in [-0.2, -0.15) is 10.1 Å². The van der Waals surface area contributed by atoms with E-state index in [0.29, 0.717) is 17.0 Å². The Labute approximate surface area is 143 Å². The van der Waals surface area contributed by atoms with Gasteiger partial charge in [0.25, 0.3) is 5.91 Å². The molecule has 3 rings (SSSR count). The number of amides is 1. The minimum Gasteiger partial charge on any atom is -0.484 e. The lowest BCUT2D eigenvalue weighted by atomic mass is 9.97. The molecular weight excluding hydrogens is 330 g/mol. The molecule has 0 saturated heterocycles. The van der Waals surface area contributed by atoms with Crippen LogP contribution in [0.3, 0.4) is 0 Å². The second kappa shape index (κ2) is 6.60. The summed E-state index contributed by atoms with van der Waals surface area (Å²) in [5, 5.41) is 16.0. The fraction of sp³-hybridized carbons (Fsp3) is 0.222. The molecule has 1 amide bonds. The number of carbonyl (C=O) groups excluding carboxylic acids is 1. The Balaban J connectivity index is 1.77. The first kappa shape index (κ1) is 17.0. The van der Waals surface area contributed by atoms with Gasteiger partial charge in [0.2, 0.25) is 0 Å². The smallest absolute Gasteiger partial charge is 0.283 e. The highest BCUT2D eigenvalue weighted by Crippen LogP contribution is 2.35. The van der Waals surface area contributed by atoms with E-state index in [2.05, 4.69) is 5.10 Å². The average Bonchev–Trinajstić information content (AvgIpc) is 2.90. The second-order valence-corrected chi connectivity index (χ2v) is 5.78. The summed E-state index contributed by atoms with van der Waals surface area (Å²) in [7, 11) is 0. The Hall–Kier alpha value is -2.80. The van der Waals surface area contributed by atoms with Crippen LogP contribution in [0.4, 0.5) is 8.78 Å². The van der Waals surface area contributed by atoms with Crippen molar-refractivity contribution < 1.29 is 23.4 Å². The van der Waals surface area contributed by atoms with Crippen LogP contribution >= 0.6 is 0 Å². The fourth-order valence-corrected chi connectivity index (χ4v) is 2.66. The maximum atomic E-state index is 13.1. The van der Waals surface area contributed by atoms with Crippen molar-refractivity contribution in [2.75, 3.05) is 6.61 Å². The SMILES string of the molecule is CC1=NN(C(=O)COc2ccc(F)cc2)[C@](O)(c2ccc(F)cc2)C1. The van der Waals surface area contributed by atoms with Gasteiger partial charge < -0.3 is 9.84 Å². The summed E-state index contributed by atoms with van der Waals surface area (Å²) in [6.45, 7) is 1.30. The van der Waals surface area contributed by atoms with E-state index in [4.69, 9.17) is 4.74 Å². The van der Waals surface area contributed by atoms with Crippen LogP contribution in [0.15, 0.2) is 53.6 Å². The summed E-state index contributed by atoms with van der Waals surface area (Å²) in [6, 6.07) is 10.5. The van der Waals surface area contributed by atoms with E-state index in [9.17, 15) is 18.7 Å². The number of hydrogen-bond donors (Lipinski definition) is 1. The predicted molar refractivity (Wildman–Crippen MR) is 86.8 cm³/mol. The number of ether oxygens (including phenoxy) is 1. The third-order valence-corrected chi connectivity index (χ3v) is 3.84. The largest absolute Gasteiger partial charge is 0.484 e. The highest BCUT2D eigenvalue weighted by molar-refractivity contribution is 5.89. The maximum absolute atomic E-state index is 13.1. The normalized spacial score (nSPS) is 19.7. The van der Waals surface area contributed by atoms with Crippen LogP contribution in [0, 0.1) is 11.6 Å². The minimum atomic E-state index is -1.69. The van der Waals surface area contributed by atoms with Crippen molar-refractivity contribution in [3.05, 3.63) is 65.7 Å². The molecule has 2 aromatic carbocycles. The average molecular weight is 346 g/mol. The summed E-state index contributed by atoms with van der Waals surface area (Å²) in [4.78, 5) is 12.5. The molecule has 0 radical (unpaired) electrons. The van der Waals surface area contributed by atoms with Gasteiger partial charge in [0.05, 0.1) is 0 Å². The molecule has 0 unspecified atom stereocenters. The topological polar surface area (TPSA) is 62.1 Å². The van der Waals surface area contributed by atoms with Gasteiger partial charge in [0, 0.05) is 17.7 Å². The van der Waals surface area contributed by atoms with E-state index in [1.165, 1.54) is 48.5 Å². The minimum absolute atomic E-state index is 0.112. The van der Waals surface area contributed by atoms with E-state index in [1.54, 1.807) is 6.92 Å². The van der Waals surface area contributed by atoms with E-state index in [1.807, 2.05) is 0 Å². The van der Waals surface area contributed by atoms with Crippen LogP contribution in [0.1, 0.15) is 18.9 Å². The van der Waals surface area contributed by atoms with Crippen molar-refractivity contribution in [3.8, 4) is 5.75 Å². The van der Waals surface area contributed by atoms with Crippen molar-refractivity contribution in [1.29, 1.82) is 0 Å². The molecule has 2 aromatic rings. The van der Waals surface area contributed by atoms with Crippen LogP contribution in [0.25, 0.3) is 0 Å². The van der Waals surface area contributed by atoms with Crippen LogP contribution in [-0.4, -0.2) is 28.3 Å². The summed E-state index contributed by atoms with van der Waals surface area (Å²) in [5.41, 5.74) is -0.785. The molecule has 0 fully saturated rings. The lowest BCUT2D eigenvalue weighted by Crippen LogP contribution is -2.45. The molecule has 0 aliphatic carbocycles. The zero-order chi connectivity index (χ0) is 18.0. The summed E-state index contributed by atoms with van der Waals surface area (Å²) < 4.78 is 31.3. The van der Waals surface area contributed by atoms with Gasteiger partial charge in [-0.15, -0.1) is 0 Å². The molecule has 7 heteroatoms. The molecule has 1 atom stereocenters. The van der Waals surface area contributed by atoms with E-state index in [0.717, 1.165) is 5.01 Å². The summed E-state index contributed by atoms with van der Waals surface area (Å²) >= 11 is 0. The lowest BCUT2D eigenvalue weighted by Gasteiger charge is -2.31. The van der Waals surface area contributed by atoms with Crippen molar-refractivity contribution in [3.63, 3.8) is 0 Å². The maximum Gasteiger partial charge on any atom is 0.283 e. The van der Waals surface area contributed by atoms with Crippen molar-refractivity contribution in [2.45, 2.75) is 19.1 Å². The predicted octanol–water partition coefficient (Wildman–Crippen LogP) is 2.80. The first-order chi connectivity index (χ1) is 11.9. The van der Waals surface area contributed by atoms with Crippen LogP contribution in [0.2, 0.25) is 0 Å². The first-order valence-corrected chi connectivity index (χ1v) is 7.62. The molecule has 0 spiro atoms. The zero-order valence-corrected chi connectivity index (χ0v) is 13.4. The molecule has 1 N–H and O–H groups in total. The zero-order valence-electron chi connectivity index (χ0n) is 13.4. The fourth-order valence-electron chi connectivity index (χ4n) is 2.66. The molecule has 25 heavy (non-hydrogen) atoms. The number of carbonyl (C=O) groups is 1. The Morgan fingerprint density at radius 2 is 1.72 bits per heavy atom. The molecular formula is C18H16F2N2O3. The van der Waals surface area contributed by atoms with Crippen molar-refractivity contribution in [1.82, 2.24) is 5.01 Å². The quantitative estimate of drug-likeness (QED) is 0.926. The Morgan fingerprint density at radius 3 is 2.32 bits per heavy atom. The Bertz CT molecular complexity index is 806. The Morgan fingerprint density at radius 1 is 1.16 bits per heavy atom. The molecule has 0 aromatic heterocycles. The standard InChI is InChI=1S/C18H16F2N2O3/c1-12-10-18(24,13-2-4-14(19)5-3-13)22(21-12)17(23)11-25-16-8-6-15(20)7-9-16/h2-9,24H,10-11H2,1H3/t18-/m1/s1. The van der Waals surface area contributed by atoms with Gasteiger partial charge in [-0.1, -0.05) is 12.1 Å². The number of nitrogens with zero attached hydrogens (tertiary/aromatic N) is 2. The van der Waals surface area contributed by atoms with Crippen LogP contribution in [0.5, 0.6) is 5.75 Å². The number of halogens is 2. The molecule has 0 bridgehead atoms. The first-order valence-electron chi connectivity index (χ1n) is 7.62. The van der Waals surface area contributed by atoms with E-state index >= 15 is 0 Å². The third kappa shape index (κ3) is 3.51. The number of hydrogen-bond acceptors (Lipinski definition) is 4. The monoisotopic (exact) mass is 346 g/mol. The summed E-state index contributed by atoms with van der Waals surface area (Å²) in [5.74, 6) is -1.11. The van der Waals surface area contributed by atoms with Gasteiger partial charge in [-0.25, -0.2) is 8.78 Å². The van der Waals surface area contributed by atoms with Gasteiger partial charge >= 0.3 is 0 Å². The number of rotatable bonds is 4. The molecule has 130 valence electrons. The number of aliphatic hydroxyl groups is 1. The van der Waals surface area contributed by atoms with E-state index in [-0.39, 0.29) is 13.0 Å². The van der Waals surface area contributed by atoms with Crippen molar-refractivity contribution in [2.24, 2.45) is 5.10 Å². The molecule has 1 aliphatic rings. The van der Waals surface area contributed by atoms with Crippen LogP contribution in [-0.2, 0) is 10.5 Å². The Kier molecular flexibility index (Phi) is 4.50. The van der Waals surface area contributed by atoms with Gasteiger partial charge in [-0.3, -0.25) is 4.79 Å². The van der Waals surface area contributed by atoms with Crippen LogP contribution < -0.4 is 4.74 Å². The van der Waals surface area contributed by atoms with Gasteiger partial charge in [0.1, 0.15) is 17.4 Å². The lowest BCUT2D eigenvalue weighted by molar-refractivity contribution is -0.159. The van der Waals surface area contributed by atoms with Gasteiger partial charge in [0.15, 0.2) is 12.3 Å². The third-order valence-electron chi connectivity index (χ3n) is 3.84. The highest BCUT2D eigenvalue weighted by Gasteiger charge is 2.44. The van der Waals surface area contributed by atoms with E-state index < -0.39 is 23.3 Å². The van der Waals surface area contributed by atoms with Gasteiger partial charge in [-0.05, 0) is 43.3 Å². The number of hydrazone groups is 1. The molecule has 0 saturated carbocycles. The summed E-state index contributed by atoms with van der Waals surface area (Å²) in [6.07, 6.45) is 0.112. The second-order valence-electron chi connectivity index (χ2n) is 5.78.